The van der Waals surface area contributed by atoms with Crippen LogP contribution in [0.4, 0.5) is 4.39 Å². The van der Waals surface area contributed by atoms with Gasteiger partial charge >= 0.3 is 13.5 Å². The van der Waals surface area contributed by atoms with Crippen LogP contribution in [-0.2, 0) is 13.8 Å². The van der Waals surface area contributed by atoms with Crippen LogP contribution in [0.2, 0.25) is 0 Å². The summed E-state index contributed by atoms with van der Waals surface area (Å²) in [5.74, 6) is -1.21. The van der Waals surface area contributed by atoms with Gasteiger partial charge in [0.15, 0.2) is 0 Å². The number of halogens is 1. The van der Waals surface area contributed by atoms with Crippen molar-refractivity contribution in [2.24, 2.45) is 0 Å². The number of rotatable bonds is 4. The van der Waals surface area contributed by atoms with Gasteiger partial charge in [-0.2, -0.15) is 4.39 Å². The van der Waals surface area contributed by atoms with Crippen LogP contribution in [-0.4, -0.2) is 102 Å². The number of aliphatic hydroxyl groups excluding tert-OH is 1. The molecule has 0 saturated carbocycles. The van der Waals surface area contributed by atoms with Crippen molar-refractivity contribution in [2.45, 2.75) is 24.9 Å². The van der Waals surface area contributed by atoms with E-state index in [1.54, 1.807) is 4.98 Å². The van der Waals surface area contributed by atoms with Crippen molar-refractivity contribution < 1.29 is 33.1 Å². The molecule has 23 heavy (non-hydrogen) atoms. The standard InChI is InChI=1S/C9H12FN2O8P.2Na/c10-4-2-12(9(15)11-8(4)14)7-1-5(13)6(20-7)3-19-21(16,17)18;;/h2,5-7,13H,1,3H2,(H,11,14,15)(H2,16,17,18);;/t5-,6+,7+;;/m0../s1. The summed E-state index contributed by atoms with van der Waals surface area (Å²) < 4.78 is 33.9. The van der Waals surface area contributed by atoms with Gasteiger partial charge in [-0.1, -0.05) is 0 Å². The fourth-order valence-electron chi connectivity index (χ4n) is 1.88. The number of aliphatic hydroxyl groups is 1. The second-order valence-electron chi connectivity index (χ2n) is 4.36. The normalized spacial score (nSPS) is 23.9. The van der Waals surface area contributed by atoms with Gasteiger partial charge in [0.2, 0.25) is 5.82 Å². The summed E-state index contributed by atoms with van der Waals surface area (Å²) in [4.78, 5) is 41.3. The van der Waals surface area contributed by atoms with Crippen molar-refractivity contribution in [1.29, 1.82) is 0 Å². The van der Waals surface area contributed by atoms with Crippen LogP contribution in [0.25, 0.3) is 0 Å². The summed E-state index contributed by atoms with van der Waals surface area (Å²) in [5, 5.41) is 9.69. The fraction of sp³-hybridized carbons (Fsp3) is 0.556. The van der Waals surface area contributed by atoms with Crippen molar-refractivity contribution in [1.82, 2.24) is 9.55 Å². The maximum atomic E-state index is 13.2. The first-order valence-electron chi connectivity index (χ1n) is 5.72. The van der Waals surface area contributed by atoms with E-state index >= 15 is 0 Å². The Balaban J connectivity index is 0.00000242. The minimum Gasteiger partial charge on any atom is -0.390 e. The summed E-state index contributed by atoms with van der Waals surface area (Å²) in [6.45, 7) is -0.609. The summed E-state index contributed by atoms with van der Waals surface area (Å²) in [7, 11) is -4.73. The molecule has 4 N–H and O–H groups in total. The molecule has 10 nitrogen and oxygen atoms in total. The molecular formula is C9H12FN2Na2O8P. The van der Waals surface area contributed by atoms with Crippen LogP contribution in [0.15, 0.2) is 15.8 Å². The molecule has 0 aromatic carbocycles. The predicted molar refractivity (Wildman–Crippen MR) is 75.3 cm³/mol. The molecule has 2 heterocycles. The number of nitrogens with zero attached hydrogens (tertiary/aromatic N) is 1. The second-order valence-corrected chi connectivity index (χ2v) is 5.60. The molecular weight excluding hydrogens is 360 g/mol. The van der Waals surface area contributed by atoms with Gasteiger partial charge < -0.3 is 19.6 Å². The summed E-state index contributed by atoms with van der Waals surface area (Å²) >= 11 is 0. The van der Waals surface area contributed by atoms with E-state index in [0.717, 1.165) is 4.57 Å². The molecule has 14 heteroatoms. The van der Waals surface area contributed by atoms with Crippen LogP contribution >= 0.6 is 7.82 Å². The first-order chi connectivity index (χ1) is 9.67. The molecule has 1 aromatic heterocycles. The van der Waals surface area contributed by atoms with Crippen molar-refractivity contribution >= 4 is 66.9 Å². The average molecular weight is 372 g/mol. The van der Waals surface area contributed by atoms with Crippen LogP contribution in [0.5, 0.6) is 0 Å². The van der Waals surface area contributed by atoms with E-state index in [2.05, 4.69) is 4.52 Å². The summed E-state index contributed by atoms with van der Waals surface area (Å²) in [6.07, 6.45) is -2.89. The van der Waals surface area contributed by atoms with Crippen LogP contribution < -0.4 is 11.2 Å². The summed E-state index contributed by atoms with van der Waals surface area (Å²) in [6, 6.07) is 0. The van der Waals surface area contributed by atoms with Crippen molar-refractivity contribution in [2.75, 3.05) is 6.61 Å². The van der Waals surface area contributed by atoms with Gasteiger partial charge in [0.25, 0.3) is 5.56 Å². The number of H-pyrrole nitrogens is 1. The molecule has 0 aliphatic carbocycles. The third-order valence-electron chi connectivity index (χ3n) is 2.85. The Hall–Kier alpha value is 0.640. The molecule has 0 spiro atoms. The molecule has 0 bridgehead atoms. The third kappa shape index (κ3) is 6.46. The second kappa shape index (κ2) is 9.37. The Morgan fingerprint density at radius 2 is 2.04 bits per heavy atom. The summed E-state index contributed by atoms with van der Waals surface area (Å²) in [5.41, 5.74) is -2.12. The number of phosphoric ester groups is 1. The van der Waals surface area contributed by atoms with Gasteiger partial charge in [-0.05, 0) is 0 Å². The number of ether oxygens (including phenoxy) is 1. The zero-order valence-corrected chi connectivity index (χ0v) is 17.3. The van der Waals surface area contributed by atoms with Gasteiger partial charge in [0.05, 0.1) is 18.9 Å². The van der Waals surface area contributed by atoms with Gasteiger partial charge in [-0.25, -0.2) is 9.36 Å². The SMILES string of the molecule is O=c1[nH]c(=O)n([C@H]2C[C@H](O)[C@@H](COP(=O)(O)O)O2)cc1F.[Na].[Na]. The van der Waals surface area contributed by atoms with Gasteiger partial charge in [-0.3, -0.25) is 18.9 Å². The molecule has 1 aliphatic heterocycles. The van der Waals surface area contributed by atoms with E-state index in [9.17, 15) is 23.7 Å². The Bertz CT molecular complexity index is 691. The van der Waals surface area contributed by atoms with Gasteiger partial charge in [0, 0.05) is 65.5 Å². The fourth-order valence-corrected chi connectivity index (χ4v) is 2.22. The molecule has 120 valence electrons. The Morgan fingerprint density at radius 3 is 2.61 bits per heavy atom. The first-order valence-corrected chi connectivity index (χ1v) is 7.25. The van der Waals surface area contributed by atoms with Crippen molar-refractivity contribution in [3.63, 3.8) is 0 Å². The molecule has 0 unspecified atom stereocenters. The largest absolute Gasteiger partial charge is 0.469 e. The molecule has 0 amide bonds. The van der Waals surface area contributed by atoms with E-state index in [-0.39, 0.29) is 65.5 Å². The van der Waals surface area contributed by atoms with Gasteiger partial charge in [-0.15, -0.1) is 0 Å². The quantitative estimate of drug-likeness (QED) is 0.339. The predicted octanol–water partition coefficient (Wildman–Crippen LogP) is -2.33. The van der Waals surface area contributed by atoms with E-state index in [1.165, 1.54) is 0 Å². The van der Waals surface area contributed by atoms with E-state index in [0.29, 0.717) is 6.20 Å². The topological polar surface area (TPSA) is 151 Å². The van der Waals surface area contributed by atoms with Gasteiger partial charge in [0.1, 0.15) is 12.3 Å². The first kappa shape index (κ1) is 23.6. The Morgan fingerprint density at radius 1 is 1.43 bits per heavy atom. The zero-order valence-electron chi connectivity index (χ0n) is 12.4. The van der Waals surface area contributed by atoms with E-state index in [4.69, 9.17) is 14.5 Å². The number of hydrogen-bond acceptors (Lipinski definition) is 6. The maximum absolute atomic E-state index is 13.2. The monoisotopic (exact) mass is 372 g/mol. The molecule has 1 saturated heterocycles. The average Bonchev–Trinajstić information content (AvgIpc) is 2.72. The molecule has 2 radical (unpaired) electrons. The number of hydrogen-bond donors (Lipinski definition) is 4. The molecule has 1 fully saturated rings. The minimum absolute atomic E-state index is 0. The minimum atomic E-state index is -4.73. The molecule has 2 rings (SSSR count). The number of aromatic amines is 1. The number of phosphoric acid groups is 1. The van der Waals surface area contributed by atoms with Crippen molar-refractivity contribution in [3.8, 4) is 0 Å². The van der Waals surface area contributed by atoms with E-state index < -0.39 is 49.9 Å². The molecule has 1 aromatic rings. The van der Waals surface area contributed by atoms with Crippen LogP contribution in [0, 0.1) is 5.82 Å². The number of nitrogens with one attached hydrogen (secondary N) is 1. The van der Waals surface area contributed by atoms with E-state index in [1.807, 2.05) is 0 Å². The number of aromatic nitrogens is 2. The maximum Gasteiger partial charge on any atom is 0.469 e. The third-order valence-corrected chi connectivity index (χ3v) is 3.33. The Kier molecular flexibility index (Phi) is 9.63. The van der Waals surface area contributed by atoms with Crippen LogP contribution in [0.1, 0.15) is 12.6 Å². The smallest absolute Gasteiger partial charge is 0.390 e. The zero-order chi connectivity index (χ0) is 15.8. The Labute approximate surface area is 172 Å². The molecule has 3 atom stereocenters. The van der Waals surface area contributed by atoms with Crippen LogP contribution in [0.3, 0.4) is 0 Å². The van der Waals surface area contributed by atoms with Crippen molar-refractivity contribution in [3.05, 3.63) is 32.9 Å². The molecule has 1 aliphatic rings.